The maximum atomic E-state index is 12.4. The molecule has 1 N–H and O–H groups in total. The largest absolute Gasteiger partial charge is 0.573 e. The van der Waals surface area contributed by atoms with Gasteiger partial charge in [-0.1, -0.05) is 23.4 Å². The Bertz CT molecular complexity index is 863. The number of halogens is 3. The van der Waals surface area contributed by atoms with Gasteiger partial charge in [0.25, 0.3) is 0 Å². The molecule has 28 heavy (non-hydrogen) atoms. The van der Waals surface area contributed by atoms with Crippen LogP contribution < -0.4 is 10.1 Å². The van der Waals surface area contributed by atoms with Crippen LogP contribution in [0.25, 0.3) is 5.57 Å². The molecule has 1 aromatic heterocycles. The predicted molar refractivity (Wildman–Crippen MR) is 97.2 cm³/mol. The second kappa shape index (κ2) is 7.67. The second-order valence-corrected chi connectivity index (χ2v) is 6.87. The smallest absolute Gasteiger partial charge is 0.406 e. The normalized spacial score (nSPS) is 22.4. The van der Waals surface area contributed by atoms with Gasteiger partial charge in [0.2, 0.25) is 0 Å². The molecule has 0 radical (unpaired) electrons. The van der Waals surface area contributed by atoms with Crippen molar-refractivity contribution in [2.24, 2.45) is 0 Å². The molecule has 2 aliphatic heterocycles. The van der Waals surface area contributed by atoms with Crippen LogP contribution in [0.4, 0.5) is 13.2 Å². The predicted octanol–water partition coefficient (Wildman–Crippen LogP) is 2.82. The molecule has 3 heterocycles. The summed E-state index contributed by atoms with van der Waals surface area (Å²) in [5.74, 6) is -0.210. The van der Waals surface area contributed by atoms with Crippen LogP contribution in [0.2, 0.25) is 0 Å². The number of alkyl halides is 3. The highest BCUT2D eigenvalue weighted by Crippen LogP contribution is 2.28. The summed E-state index contributed by atoms with van der Waals surface area (Å²) in [6.07, 6.45) is 5.78. The summed E-state index contributed by atoms with van der Waals surface area (Å²) in [6, 6.07) is 6.75. The maximum Gasteiger partial charge on any atom is 0.573 e. The van der Waals surface area contributed by atoms with Crippen molar-refractivity contribution in [3.63, 3.8) is 0 Å². The Kier molecular flexibility index (Phi) is 5.08. The van der Waals surface area contributed by atoms with Gasteiger partial charge in [-0.05, 0) is 35.8 Å². The molecule has 0 aliphatic carbocycles. The lowest BCUT2D eigenvalue weighted by Gasteiger charge is -2.29. The van der Waals surface area contributed by atoms with Gasteiger partial charge in [-0.25, -0.2) is 0 Å². The summed E-state index contributed by atoms with van der Waals surface area (Å²) in [6.45, 7) is 2.36. The van der Waals surface area contributed by atoms with Crippen LogP contribution in [0.15, 0.2) is 55.0 Å². The highest BCUT2D eigenvalue weighted by Gasteiger charge is 2.31. The van der Waals surface area contributed by atoms with Crippen LogP contribution >= 0.6 is 0 Å². The average molecular weight is 391 g/mol. The molecule has 2 aromatic rings. The van der Waals surface area contributed by atoms with E-state index in [1.807, 2.05) is 29.2 Å². The summed E-state index contributed by atoms with van der Waals surface area (Å²) < 4.78 is 43.1. The Morgan fingerprint density at radius 1 is 1.29 bits per heavy atom. The Hall–Kier alpha value is -2.81. The highest BCUT2D eigenvalue weighted by atomic mass is 19.4. The third kappa shape index (κ3) is 4.53. The van der Waals surface area contributed by atoms with Gasteiger partial charge in [0.15, 0.2) is 0 Å². The van der Waals surface area contributed by atoms with E-state index in [1.165, 1.54) is 12.1 Å². The summed E-state index contributed by atoms with van der Waals surface area (Å²) in [7, 11) is 0. The molecular weight excluding hydrogens is 371 g/mol. The Balaban J connectivity index is 1.35. The minimum atomic E-state index is -4.69. The standard InChI is InChI=1S/C19H20F3N5O/c20-19(21,22)28-18-3-1-2-15(10-18)14-4-7-26(8-5-14)17-11-16(23-12-17)13-27-9-6-24-25-27/h1-7,9-10,16-17,23H,8,11-13H2/t16-,17+/m0/s1. The average Bonchev–Trinajstić information content (AvgIpc) is 3.33. The zero-order valence-electron chi connectivity index (χ0n) is 15.0. The molecular formula is C19H20F3N5O. The van der Waals surface area contributed by atoms with E-state index in [0.717, 1.165) is 25.1 Å². The number of aromatic nitrogens is 3. The molecule has 148 valence electrons. The van der Waals surface area contributed by atoms with Crippen LogP contribution in [-0.4, -0.2) is 51.4 Å². The lowest BCUT2D eigenvalue weighted by atomic mass is 10.0. The maximum absolute atomic E-state index is 12.4. The van der Waals surface area contributed by atoms with Crippen molar-refractivity contribution in [1.82, 2.24) is 25.2 Å². The number of benzene rings is 1. The van der Waals surface area contributed by atoms with Crippen LogP contribution in [0.5, 0.6) is 5.75 Å². The van der Waals surface area contributed by atoms with E-state index in [0.29, 0.717) is 24.2 Å². The van der Waals surface area contributed by atoms with Gasteiger partial charge in [-0.2, -0.15) is 0 Å². The van der Waals surface area contributed by atoms with Gasteiger partial charge >= 0.3 is 6.36 Å². The summed E-state index contributed by atoms with van der Waals surface area (Å²) in [5.41, 5.74) is 1.58. The molecule has 0 amide bonds. The van der Waals surface area contributed by atoms with Crippen LogP contribution in [0.3, 0.4) is 0 Å². The fraction of sp³-hybridized carbons (Fsp3) is 0.368. The van der Waals surface area contributed by atoms with E-state index in [4.69, 9.17) is 0 Å². The van der Waals surface area contributed by atoms with Crippen molar-refractivity contribution in [2.75, 3.05) is 13.1 Å². The van der Waals surface area contributed by atoms with Gasteiger partial charge in [0, 0.05) is 37.6 Å². The van der Waals surface area contributed by atoms with E-state index in [2.05, 4.69) is 25.3 Å². The lowest BCUT2D eigenvalue weighted by Crippen LogP contribution is -2.33. The zero-order chi connectivity index (χ0) is 19.6. The van der Waals surface area contributed by atoms with Crippen molar-refractivity contribution in [1.29, 1.82) is 0 Å². The number of nitrogens with one attached hydrogen (secondary N) is 1. The lowest BCUT2D eigenvalue weighted by molar-refractivity contribution is -0.274. The third-order valence-corrected chi connectivity index (χ3v) is 4.92. The Labute approximate surface area is 160 Å². The van der Waals surface area contributed by atoms with Gasteiger partial charge in [0.1, 0.15) is 5.75 Å². The number of allylic oxidation sites excluding steroid dienone is 2. The number of rotatable bonds is 5. The van der Waals surface area contributed by atoms with E-state index in [-0.39, 0.29) is 5.75 Å². The van der Waals surface area contributed by atoms with Gasteiger partial charge in [0.05, 0.1) is 12.7 Å². The molecule has 1 saturated heterocycles. The van der Waals surface area contributed by atoms with Gasteiger partial charge in [-0.15, -0.1) is 18.3 Å². The highest BCUT2D eigenvalue weighted by molar-refractivity contribution is 5.75. The summed E-state index contributed by atoms with van der Waals surface area (Å²) in [5, 5.41) is 11.3. The van der Waals surface area contributed by atoms with E-state index >= 15 is 0 Å². The molecule has 9 heteroatoms. The minimum Gasteiger partial charge on any atom is -0.406 e. The molecule has 2 atom stereocenters. The quantitative estimate of drug-likeness (QED) is 0.850. The first-order chi connectivity index (χ1) is 13.5. The van der Waals surface area contributed by atoms with Crippen molar-refractivity contribution >= 4 is 5.57 Å². The molecule has 1 aromatic carbocycles. The number of hydrogen-bond donors (Lipinski definition) is 1. The SMILES string of the molecule is FC(F)(F)Oc1cccc(C2=CCN([C@H]3CN[C@H](Cn4ccnn4)C3)C=C2)c1. The first-order valence-electron chi connectivity index (χ1n) is 9.04. The van der Waals surface area contributed by atoms with Crippen molar-refractivity contribution in [3.05, 3.63) is 60.6 Å². The molecule has 4 rings (SSSR count). The topological polar surface area (TPSA) is 55.2 Å². The summed E-state index contributed by atoms with van der Waals surface area (Å²) in [4.78, 5) is 2.24. The van der Waals surface area contributed by atoms with Crippen LogP contribution in [-0.2, 0) is 6.54 Å². The van der Waals surface area contributed by atoms with Crippen molar-refractivity contribution < 1.29 is 17.9 Å². The minimum absolute atomic E-state index is 0.210. The third-order valence-electron chi connectivity index (χ3n) is 4.92. The zero-order valence-corrected chi connectivity index (χ0v) is 15.0. The van der Waals surface area contributed by atoms with Crippen LogP contribution in [0, 0.1) is 0 Å². The van der Waals surface area contributed by atoms with E-state index < -0.39 is 6.36 Å². The fourth-order valence-corrected chi connectivity index (χ4v) is 3.61. The molecule has 0 unspecified atom stereocenters. The summed E-state index contributed by atoms with van der Waals surface area (Å²) >= 11 is 0. The molecule has 0 saturated carbocycles. The molecule has 0 spiro atoms. The molecule has 6 nitrogen and oxygen atoms in total. The van der Waals surface area contributed by atoms with E-state index in [1.54, 1.807) is 18.3 Å². The Morgan fingerprint density at radius 2 is 2.18 bits per heavy atom. The Morgan fingerprint density at radius 3 is 2.89 bits per heavy atom. The number of ether oxygens (including phenoxy) is 1. The van der Waals surface area contributed by atoms with Crippen molar-refractivity contribution in [3.8, 4) is 5.75 Å². The van der Waals surface area contributed by atoms with E-state index in [9.17, 15) is 13.2 Å². The second-order valence-electron chi connectivity index (χ2n) is 6.87. The molecule has 2 aliphatic rings. The first kappa shape index (κ1) is 18.5. The fourth-order valence-electron chi connectivity index (χ4n) is 3.61. The van der Waals surface area contributed by atoms with Gasteiger partial charge < -0.3 is 15.0 Å². The molecule has 0 bridgehead atoms. The monoisotopic (exact) mass is 391 g/mol. The molecule has 1 fully saturated rings. The van der Waals surface area contributed by atoms with Gasteiger partial charge in [-0.3, -0.25) is 4.68 Å². The van der Waals surface area contributed by atoms with Crippen molar-refractivity contribution in [2.45, 2.75) is 31.4 Å². The van der Waals surface area contributed by atoms with Crippen LogP contribution in [0.1, 0.15) is 12.0 Å². The number of nitrogens with zero attached hydrogens (tertiary/aromatic N) is 4. The number of hydrogen-bond acceptors (Lipinski definition) is 5. The first-order valence-corrected chi connectivity index (χ1v) is 9.04.